The molecule has 3 rings (SSSR count). The van der Waals surface area contributed by atoms with E-state index in [-0.39, 0.29) is 0 Å². The Morgan fingerprint density at radius 2 is 1.90 bits per heavy atom. The summed E-state index contributed by atoms with van der Waals surface area (Å²) < 4.78 is 1.63. The Labute approximate surface area is 123 Å². The normalized spacial score (nSPS) is 10.6. The summed E-state index contributed by atoms with van der Waals surface area (Å²) in [6.07, 6.45) is 4.94. The van der Waals surface area contributed by atoms with Gasteiger partial charge in [-0.3, -0.25) is 0 Å². The zero-order valence-corrected chi connectivity index (χ0v) is 12.1. The van der Waals surface area contributed by atoms with Gasteiger partial charge >= 0.3 is 0 Å². The lowest BCUT2D eigenvalue weighted by Crippen LogP contribution is -2.04. The van der Waals surface area contributed by atoms with Crippen molar-refractivity contribution in [2.24, 2.45) is 0 Å². The van der Waals surface area contributed by atoms with Crippen LogP contribution in [0.3, 0.4) is 0 Å². The molecule has 0 saturated heterocycles. The lowest BCUT2D eigenvalue weighted by atomic mass is 10.0. The van der Waals surface area contributed by atoms with Gasteiger partial charge in [-0.1, -0.05) is 18.2 Å². The third kappa shape index (κ3) is 2.91. The molecular formula is C16H17N5. The van der Waals surface area contributed by atoms with Gasteiger partial charge in [0.2, 0.25) is 0 Å². The Hall–Kier alpha value is -2.69. The zero-order valence-electron chi connectivity index (χ0n) is 12.1. The molecule has 5 heteroatoms. The van der Waals surface area contributed by atoms with Crippen molar-refractivity contribution in [2.75, 3.05) is 5.32 Å². The highest BCUT2D eigenvalue weighted by atomic mass is 15.3. The number of hydrogen-bond acceptors (Lipinski definition) is 4. The van der Waals surface area contributed by atoms with Crippen LogP contribution in [0.2, 0.25) is 0 Å². The van der Waals surface area contributed by atoms with Gasteiger partial charge in [-0.25, -0.2) is 14.6 Å². The van der Waals surface area contributed by atoms with Crippen molar-refractivity contribution < 1.29 is 0 Å². The van der Waals surface area contributed by atoms with E-state index in [1.807, 2.05) is 18.3 Å². The summed E-state index contributed by atoms with van der Waals surface area (Å²) in [7, 11) is 0. The smallest absolute Gasteiger partial charge is 0.155 e. The van der Waals surface area contributed by atoms with Crippen LogP contribution in [0, 0.1) is 13.8 Å². The highest BCUT2D eigenvalue weighted by Gasteiger charge is 2.03. The van der Waals surface area contributed by atoms with E-state index in [0.717, 1.165) is 18.1 Å². The number of benzene rings is 1. The molecule has 0 aliphatic carbocycles. The quantitative estimate of drug-likeness (QED) is 0.798. The minimum Gasteiger partial charge on any atom is -0.380 e. The first-order valence-electron chi connectivity index (χ1n) is 6.84. The van der Waals surface area contributed by atoms with Crippen molar-refractivity contribution in [1.29, 1.82) is 0 Å². The molecule has 0 aliphatic rings. The fraction of sp³-hybridized carbons (Fsp3) is 0.188. The number of hydrogen-bond donors (Lipinski definition) is 1. The predicted molar refractivity (Wildman–Crippen MR) is 82.4 cm³/mol. The van der Waals surface area contributed by atoms with E-state index in [1.165, 1.54) is 23.0 Å². The molecule has 0 saturated carbocycles. The Bertz CT molecular complexity index is 697. The van der Waals surface area contributed by atoms with Crippen LogP contribution in [0.15, 0.2) is 49.2 Å². The van der Waals surface area contributed by atoms with Crippen molar-refractivity contribution in [2.45, 2.75) is 20.4 Å². The Balaban J connectivity index is 1.71. The molecule has 21 heavy (non-hydrogen) atoms. The molecule has 0 radical (unpaired) electrons. The summed E-state index contributed by atoms with van der Waals surface area (Å²) in [5.74, 6) is 0.755. The van der Waals surface area contributed by atoms with Crippen LogP contribution in [-0.2, 0) is 6.54 Å². The Morgan fingerprint density at radius 1 is 1.10 bits per heavy atom. The third-order valence-electron chi connectivity index (χ3n) is 3.52. The summed E-state index contributed by atoms with van der Waals surface area (Å²) >= 11 is 0. The van der Waals surface area contributed by atoms with Gasteiger partial charge in [-0.05, 0) is 42.7 Å². The summed E-state index contributed by atoms with van der Waals surface area (Å²) in [5.41, 5.74) is 4.92. The number of rotatable bonds is 4. The molecule has 1 N–H and O–H groups in total. The maximum atomic E-state index is 4.38. The molecule has 106 valence electrons. The standard InChI is InChI=1S/C16H17N5/c1-12-4-3-5-13(2)15(12)9-18-14-6-7-16(19-8-14)21-11-17-10-20-21/h3-8,10-11,18H,9H2,1-2H3. The molecule has 0 fully saturated rings. The molecule has 0 unspecified atom stereocenters. The summed E-state index contributed by atoms with van der Waals surface area (Å²) in [5, 5.41) is 7.46. The predicted octanol–water partition coefficient (Wildman–Crippen LogP) is 2.89. The highest BCUT2D eigenvalue weighted by Crippen LogP contribution is 2.16. The summed E-state index contributed by atoms with van der Waals surface area (Å²) in [6.45, 7) is 5.06. The van der Waals surface area contributed by atoms with E-state index in [0.29, 0.717) is 0 Å². The number of anilines is 1. The van der Waals surface area contributed by atoms with Crippen molar-refractivity contribution in [1.82, 2.24) is 19.7 Å². The maximum absolute atomic E-state index is 4.38. The van der Waals surface area contributed by atoms with Gasteiger partial charge < -0.3 is 5.32 Å². The minimum atomic E-state index is 0.755. The first-order valence-corrected chi connectivity index (χ1v) is 6.84. The van der Waals surface area contributed by atoms with Crippen molar-refractivity contribution in [3.63, 3.8) is 0 Å². The van der Waals surface area contributed by atoms with Crippen LogP contribution in [0.1, 0.15) is 16.7 Å². The van der Waals surface area contributed by atoms with Gasteiger partial charge in [0.15, 0.2) is 5.82 Å². The molecule has 0 amide bonds. The Morgan fingerprint density at radius 3 is 2.52 bits per heavy atom. The number of aryl methyl sites for hydroxylation is 2. The molecule has 0 atom stereocenters. The Kier molecular flexibility index (Phi) is 3.64. The summed E-state index contributed by atoms with van der Waals surface area (Å²) in [4.78, 5) is 8.29. The van der Waals surface area contributed by atoms with Crippen LogP contribution in [0.4, 0.5) is 5.69 Å². The minimum absolute atomic E-state index is 0.755. The van der Waals surface area contributed by atoms with E-state index in [4.69, 9.17) is 0 Å². The first-order chi connectivity index (χ1) is 10.2. The van der Waals surface area contributed by atoms with Gasteiger partial charge in [0, 0.05) is 6.54 Å². The molecule has 0 bridgehead atoms. The molecular weight excluding hydrogens is 262 g/mol. The van der Waals surface area contributed by atoms with E-state index in [1.54, 1.807) is 11.0 Å². The van der Waals surface area contributed by atoms with Crippen LogP contribution in [0.25, 0.3) is 5.82 Å². The number of nitrogens with one attached hydrogen (secondary N) is 1. The molecule has 0 aliphatic heterocycles. The second kappa shape index (κ2) is 5.75. The van der Waals surface area contributed by atoms with Crippen LogP contribution >= 0.6 is 0 Å². The number of nitrogens with zero attached hydrogens (tertiary/aromatic N) is 4. The van der Waals surface area contributed by atoms with Gasteiger partial charge in [0.1, 0.15) is 12.7 Å². The molecule has 0 spiro atoms. The lowest BCUT2D eigenvalue weighted by Gasteiger charge is -2.12. The van der Waals surface area contributed by atoms with Crippen LogP contribution in [-0.4, -0.2) is 19.7 Å². The second-order valence-electron chi connectivity index (χ2n) is 4.97. The molecule has 2 heterocycles. The van der Waals surface area contributed by atoms with E-state index >= 15 is 0 Å². The molecule has 5 nitrogen and oxygen atoms in total. The molecule has 1 aromatic carbocycles. The van der Waals surface area contributed by atoms with E-state index in [9.17, 15) is 0 Å². The largest absolute Gasteiger partial charge is 0.380 e. The average molecular weight is 279 g/mol. The van der Waals surface area contributed by atoms with Crippen LogP contribution < -0.4 is 5.32 Å². The number of aromatic nitrogens is 4. The number of pyridine rings is 1. The molecule has 2 aromatic heterocycles. The maximum Gasteiger partial charge on any atom is 0.155 e. The van der Waals surface area contributed by atoms with Crippen molar-refractivity contribution in [3.05, 3.63) is 65.9 Å². The van der Waals surface area contributed by atoms with Gasteiger partial charge in [-0.2, -0.15) is 5.10 Å². The van der Waals surface area contributed by atoms with Crippen molar-refractivity contribution >= 4 is 5.69 Å². The average Bonchev–Trinajstić information content (AvgIpc) is 3.02. The second-order valence-corrected chi connectivity index (χ2v) is 4.97. The first kappa shape index (κ1) is 13.3. The zero-order chi connectivity index (χ0) is 14.7. The highest BCUT2D eigenvalue weighted by molar-refractivity contribution is 5.45. The van der Waals surface area contributed by atoms with Gasteiger partial charge in [-0.15, -0.1) is 0 Å². The van der Waals surface area contributed by atoms with E-state index in [2.05, 4.69) is 52.4 Å². The topological polar surface area (TPSA) is 55.6 Å². The fourth-order valence-corrected chi connectivity index (χ4v) is 2.27. The van der Waals surface area contributed by atoms with Gasteiger partial charge in [0.05, 0.1) is 11.9 Å². The SMILES string of the molecule is Cc1cccc(C)c1CNc1ccc(-n2cncn2)nc1. The van der Waals surface area contributed by atoms with E-state index < -0.39 is 0 Å². The lowest BCUT2D eigenvalue weighted by molar-refractivity contribution is 0.845. The summed E-state index contributed by atoms with van der Waals surface area (Å²) in [6, 6.07) is 10.3. The fourth-order valence-electron chi connectivity index (χ4n) is 2.27. The monoisotopic (exact) mass is 279 g/mol. The molecule has 3 aromatic rings. The van der Waals surface area contributed by atoms with Crippen molar-refractivity contribution in [3.8, 4) is 5.82 Å². The van der Waals surface area contributed by atoms with Gasteiger partial charge in [0.25, 0.3) is 0 Å². The third-order valence-corrected chi connectivity index (χ3v) is 3.52. The van der Waals surface area contributed by atoms with Crippen LogP contribution in [0.5, 0.6) is 0 Å².